The van der Waals surface area contributed by atoms with Gasteiger partial charge < -0.3 is 5.32 Å². The van der Waals surface area contributed by atoms with Crippen LogP contribution in [0.4, 0.5) is 5.69 Å². The Balaban J connectivity index is 1.98. The Morgan fingerprint density at radius 3 is 2.70 bits per heavy atom. The predicted molar refractivity (Wildman–Crippen MR) is 85.1 cm³/mol. The fourth-order valence-corrected chi connectivity index (χ4v) is 3.61. The summed E-state index contributed by atoms with van der Waals surface area (Å²) < 4.78 is 0.777. The maximum atomic E-state index is 12.1. The van der Waals surface area contributed by atoms with Crippen LogP contribution in [-0.4, -0.2) is 21.4 Å². The molecule has 0 radical (unpaired) electrons. The number of benzene rings is 1. The van der Waals surface area contributed by atoms with Gasteiger partial charge in [0, 0.05) is 5.69 Å². The van der Waals surface area contributed by atoms with Crippen LogP contribution in [0.5, 0.6) is 0 Å². The van der Waals surface area contributed by atoms with Crippen molar-refractivity contribution in [1.29, 1.82) is 0 Å². The van der Waals surface area contributed by atoms with Crippen molar-refractivity contribution in [3.05, 3.63) is 33.3 Å². The van der Waals surface area contributed by atoms with Crippen molar-refractivity contribution in [2.45, 2.75) is 23.4 Å². The van der Waals surface area contributed by atoms with Crippen molar-refractivity contribution in [2.24, 2.45) is 0 Å². The molecule has 1 N–H and O–H groups in total. The van der Waals surface area contributed by atoms with E-state index in [1.54, 1.807) is 18.2 Å². The Morgan fingerprint density at radius 1 is 1.35 bits per heavy atom. The van der Waals surface area contributed by atoms with Crippen molar-refractivity contribution in [3.63, 3.8) is 0 Å². The van der Waals surface area contributed by atoms with Gasteiger partial charge in [-0.3, -0.25) is 4.79 Å². The van der Waals surface area contributed by atoms with Crippen LogP contribution in [0.2, 0.25) is 10.0 Å². The third-order valence-electron chi connectivity index (χ3n) is 2.34. The summed E-state index contributed by atoms with van der Waals surface area (Å²) in [5.41, 5.74) is 0.616. The highest BCUT2D eigenvalue weighted by Crippen LogP contribution is 2.28. The number of anilines is 1. The minimum absolute atomic E-state index is 0.124. The topological polar surface area (TPSA) is 54.9 Å². The van der Waals surface area contributed by atoms with E-state index in [1.807, 2.05) is 13.8 Å². The van der Waals surface area contributed by atoms with Crippen molar-refractivity contribution in [3.8, 4) is 0 Å². The first-order valence-electron chi connectivity index (χ1n) is 5.68. The molecular weight excluding hydrogens is 337 g/mol. The molecule has 0 aliphatic heterocycles. The zero-order chi connectivity index (χ0) is 14.7. The van der Waals surface area contributed by atoms with E-state index in [-0.39, 0.29) is 11.2 Å². The van der Waals surface area contributed by atoms with Crippen LogP contribution in [0.15, 0.2) is 22.5 Å². The molecule has 0 aliphatic carbocycles. The molecule has 0 saturated carbocycles. The standard InChI is InChI=1S/C12H11Cl2N3OS2/c1-6(19-12-17-16-7(2)20-12)11(18)15-8-3-4-9(13)10(14)5-8/h3-6H,1-2H3,(H,15,18). The second kappa shape index (κ2) is 6.76. The van der Waals surface area contributed by atoms with E-state index in [1.165, 1.54) is 23.1 Å². The third kappa shape index (κ3) is 4.09. The van der Waals surface area contributed by atoms with E-state index < -0.39 is 0 Å². The lowest BCUT2D eigenvalue weighted by molar-refractivity contribution is -0.115. The van der Waals surface area contributed by atoms with Crippen LogP contribution < -0.4 is 5.32 Å². The summed E-state index contributed by atoms with van der Waals surface area (Å²) in [4.78, 5) is 12.1. The highest BCUT2D eigenvalue weighted by atomic mass is 35.5. The Hall–Kier alpha value is -0.820. The monoisotopic (exact) mass is 347 g/mol. The smallest absolute Gasteiger partial charge is 0.237 e. The summed E-state index contributed by atoms with van der Waals surface area (Å²) in [7, 11) is 0. The van der Waals surface area contributed by atoms with Crippen molar-refractivity contribution in [2.75, 3.05) is 5.32 Å². The van der Waals surface area contributed by atoms with E-state index in [0.717, 1.165) is 9.35 Å². The highest BCUT2D eigenvalue weighted by molar-refractivity contribution is 8.02. The van der Waals surface area contributed by atoms with E-state index in [2.05, 4.69) is 15.5 Å². The third-order valence-corrected chi connectivity index (χ3v) is 5.10. The summed E-state index contributed by atoms with van der Waals surface area (Å²) in [6.45, 7) is 3.69. The number of nitrogens with zero attached hydrogens (tertiary/aromatic N) is 2. The zero-order valence-electron chi connectivity index (χ0n) is 10.7. The molecule has 20 heavy (non-hydrogen) atoms. The number of amides is 1. The van der Waals surface area contributed by atoms with Crippen molar-refractivity contribution < 1.29 is 4.79 Å². The maximum absolute atomic E-state index is 12.1. The molecule has 1 aromatic heterocycles. The van der Waals surface area contributed by atoms with Crippen LogP contribution in [0.1, 0.15) is 11.9 Å². The summed E-state index contributed by atoms with van der Waals surface area (Å²) in [6, 6.07) is 4.97. The van der Waals surface area contributed by atoms with E-state index in [9.17, 15) is 4.79 Å². The SMILES string of the molecule is Cc1nnc(SC(C)C(=O)Nc2ccc(Cl)c(Cl)c2)s1. The molecule has 0 fully saturated rings. The first kappa shape index (κ1) is 15.6. The molecule has 1 unspecified atom stereocenters. The second-order valence-corrected chi connectivity index (χ2v) is 7.55. The zero-order valence-corrected chi connectivity index (χ0v) is 13.8. The molecule has 1 atom stereocenters. The molecule has 1 aromatic carbocycles. The van der Waals surface area contributed by atoms with Gasteiger partial charge in [-0.1, -0.05) is 46.3 Å². The van der Waals surface area contributed by atoms with Crippen molar-refractivity contribution >= 4 is 57.9 Å². The molecule has 106 valence electrons. The number of nitrogens with one attached hydrogen (secondary N) is 1. The van der Waals surface area contributed by atoms with Gasteiger partial charge in [0.15, 0.2) is 4.34 Å². The molecule has 0 saturated heterocycles. The summed E-state index contributed by atoms with van der Waals surface area (Å²) in [5.74, 6) is -0.124. The normalized spacial score (nSPS) is 12.2. The average Bonchev–Trinajstić information content (AvgIpc) is 2.79. The Morgan fingerprint density at radius 2 is 2.10 bits per heavy atom. The minimum atomic E-state index is -0.281. The quantitative estimate of drug-likeness (QED) is 0.839. The van der Waals surface area contributed by atoms with Gasteiger partial charge in [0.2, 0.25) is 5.91 Å². The number of hydrogen-bond acceptors (Lipinski definition) is 5. The lowest BCUT2D eigenvalue weighted by Crippen LogP contribution is -2.22. The average molecular weight is 348 g/mol. The number of hydrogen-bond donors (Lipinski definition) is 1. The van der Waals surface area contributed by atoms with E-state index in [0.29, 0.717) is 15.7 Å². The molecule has 0 bridgehead atoms. The summed E-state index contributed by atoms with van der Waals surface area (Å²) >= 11 is 14.6. The molecule has 1 amide bonds. The molecule has 0 aliphatic rings. The van der Waals surface area contributed by atoms with Crippen LogP contribution >= 0.6 is 46.3 Å². The summed E-state index contributed by atoms with van der Waals surface area (Å²) in [5, 5.41) is 12.2. The largest absolute Gasteiger partial charge is 0.325 e. The number of thioether (sulfide) groups is 1. The molecule has 0 spiro atoms. The molecule has 2 aromatic rings. The molecule has 1 heterocycles. The number of aryl methyl sites for hydroxylation is 1. The predicted octanol–water partition coefficient (Wildman–Crippen LogP) is 4.27. The summed E-state index contributed by atoms with van der Waals surface area (Å²) in [6.07, 6.45) is 0. The number of rotatable bonds is 4. The van der Waals surface area contributed by atoms with Gasteiger partial charge in [-0.25, -0.2) is 0 Å². The van der Waals surface area contributed by atoms with Crippen LogP contribution in [0.25, 0.3) is 0 Å². The van der Waals surface area contributed by atoms with Gasteiger partial charge >= 0.3 is 0 Å². The number of halogens is 2. The number of aromatic nitrogens is 2. The van der Waals surface area contributed by atoms with Gasteiger partial charge in [-0.15, -0.1) is 10.2 Å². The van der Waals surface area contributed by atoms with Gasteiger partial charge in [0.1, 0.15) is 5.01 Å². The minimum Gasteiger partial charge on any atom is -0.325 e. The fourth-order valence-electron chi connectivity index (χ4n) is 1.35. The van der Waals surface area contributed by atoms with Crippen LogP contribution in [0.3, 0.4) is 0 Å². The second-order valence-electron chi connectivity index (χ2n) is 3.97. The molecule has 4 nitrogen and oxygen atoms in total. The van der Waals surface area contributed by atoms with Gasteiger partial charge in [-0.05, 0) is 32.0 Å². The van der Waals surface area contributed by atoms with Gasteiger partial charge in [0.25, 0.3) is 0 Å². The fraction of sp³-hybridized carbons (Fsp3) is 0.250. The van der Waals surface area contributed by atoms with E-state index in [4.69, 9.17) is 23.2 Å². The first-order valence-corrected chi connectivity index (χ1v) is 8.13. The maximum Gasteiger partial charge on any atom is 0.237 e. The molecular formula is C12H11Cl2N3OS2. The van der Waals surface area contributed by atoms with Crippen LogP contribution in [-0.2, 0) is 4.79 Å². The molecule has 2 rings (SSSR count). The lowest BCUT2D eigenvalue weighted by Gasteiger charge is -2.10. The highest BCUT2D eigenvalue weighted by Gasteiger charge is 2.17. The lowest BCUT2D eigenvalue weighted by atomic mass is 10.3. The number of carbonyl (C=O) groups excluding carboxylic acids is 1. The van der Waals surface area contributed by atoms with Crippen molar-refractivity contribution in [1.82, 2.24) is 10.2 Å². The number of carbonyl (C=O) groups is 1. The van der Waals surface area contributed by atoms with Crippen LogP contribution in [0, 0.1) is 6.92 Å². The van der Waals surface area contributed by atoms with Gasteiger partial charge in [-0.2, -0.15) is 0 Å². The van der Waals surface area contributed by atoms with Gasteiger partial charge in [0.05, 0.1) is 15.3 Å². The molecule has 8 heteroatoms. The Labute approximate surface area is 134 Å². The first-order chi connectivity index (χ1) is 9.45. The Bertz CT molecular complexity index is 633. The Kier molecular flexibility index (Phi) is 5.26. The van der Waals surface area contributed by atoms with E-state index >= 15 is 0 Å².